The zero-order chi connectivity index (χ0) is 47.1. The number of likely N-dealkylation sites (tertiary alicyclic amines) is 1. The van der Waals surface area contributed by atoms with E-state index in [9.17, 15) is 28.4 Å². The number of thiazole rings is 1. The van der Waals surface area contributed by atoms with Crippen LogP contribution in [0.3, 0.4) is 0 Å². The average molecular weight is 942 g/mol. The lowest BCUT2D eigenvalue weighted by Gasteiger charge is -2.35. The van der Waals surface area contributed by atoms with Crippen LogP contribution in [0.25, 0.3) is 11.3 Å². The van der Waals surface area contributed by atoms with Crippen molar-refractivity contribution in [3.8, 4) is 17.0 Å². The van der Waals surface area contributed by atoms with Crippen LogP contribution >= 0.6 is 11.3 Å². The number of unbranched alkanes of at least 4 members (excludes halogenated alkanes) is 1. The number of anilines is 1. The summed E-state index contributed by atoms with van der Waals surface area (Å²) in [5.74, 6) is -5.18. The Hall–Kier alpha value is -5.94. The van der Waals surface area contributed by atoms with Crippen LogP contribution in [-0.4, -0.2) is 110 Å². The SMILES string of the molecule is CCC(=O)N[C@H](C(=O)N1CCC[C@H]1C(=O)N[C@H](C(=O)NCCCCNC(=O)COc1c(-c2csc(N3CCOCC3)n2)ccc(F)c1F)C(c1ccccc1)c1ccccc1)C1CCCCC1. The fourth-order valence-electron chi connectivity index (χ4n) is 9.20. The van der Waals surface area contributed by atoms with Crippen LogP contribution < -0.4 is 30.9 Å². The maximum atomic E-state index is 15.1. The van der Waals surface area contributed by atoms with Gasteiger partial charge in [0.2, 0.25) is 29.4 Å². The number of carbonyl (C=O) groups excluding carboxylic acids is 5. The third kappa shape index (κ3) is 12.7. The van der Waals surface area contributed by atoms with E-state index in [-0.39, 0.29) is 42.8 Å². The number of halogens is 2. The van der Waals surface area contributed by atoms with Crippen LogP contribution in [0, 0.1) is 17.6 Å². The van der Waals surface area contributed by atoms with Crippen molar-refractivity contribution in [2.75, 3.05) is 57.4 Å². The molecule has 3 atom stereocenters. The average Bonchev–Trinajstić information content (AvgIpc) is 4.07. The maximum absolute atomic E-state index is 15.1. The fraction of sp³-hybridized carbons (Fsp3) is 0.480. The number of aromatic nitrogens is 1. The van der Waals surface area contributed by atoms with E-state index in [2.05, 4.69) is 31.2 Å². The Balaban J connectivity index is 0.971. The zero-order valence-electron chi connectivity index (χ0n) is 38.0. The number of ether oxygens (including phenoxy) is 2. The number of carbonyl (C=O) groups is 5. The Morgan fingerprint density at radius 2 is 1.48 bits per heavy atom. The van der Waals surface area contributed by atoms with Crippen molar-refractivity contribution < 1.29 is 42.2 Å². The van der Waals surface area contributed by atoms with E-state index in [0.717, 1.165) is 54.4 Å². The van der Waals surface area contributed by atoms with E-state index in [4.69, 9.17) is 9.47 Å². The van der Waals surface area contributed by atoms with Crippen LogP contribution in [0.1, 0.15) is 88.2 Å². The summed E-state index contributed by atoms with van der Waals surface area (Å²) in [6, 6.07) is 18.7. The molecule has 1 saturated carbocycles. The van der Waals surface area contributed by atoms with Gasteiger partial charge in [0.05, 0.1) is 18.9 Å². The Labute approximate surface area is 394 Å². The number of nitrogens with one attached hydrogen (secondary N) is 4. The van der Waals surface area contributed by atoms with Crippen molar-refractivity contribution in [1.29, 1.82) is 0 Å². The molecule has 0 radical (unpaired) electrons. The van der Waals surface area contributed by atoms with Crippen LogP contribution in [-0.2, 0) is 28.7 Å². The van der Waals surface area contributed by atoms with Gasteiger partial charge in [0.1, 0.15) is 18.1 Å². The number of amides is 5. The van der Waals surface area contributed by atoms with E-state index in [0.29, 0.717) is 64.2 Å². The Morgan fingerprint density at radius 3 is 2.15 bits per heavy atom. The van der Waals surface area contributed by atoms with Crippen LogP contribution in [0.4, 0.5) is 13.9 Å². The topological polar surface area (TPSA) is 171 Å². The maximum Gasteiger partial charge on any atom is 0.257 e. The number of hydrogen-bond donors (Lipinski definition) is 4. The molecule has 4 N–H and O–H groups in total. The molecule has 67 heavy (non-hydrogen) atoms. The monoisotopic (exact) mass is 941 g/mol. The molecule has 3 aliphatic rings. The molecule has 1 aromatic heterocycles. The summed E-state index contributed by atoms with van der Waals surface area (Å²) in [6.45, 7) is 4.46. The molecule has 17 heteroatoms. The normalized spacial score (nSPS) is 17.4. The predicted molar refractivity (Wildman–Crippen MR) is 251 cm³/mol. The Bertz CT molecular complexity index is 2250. The smallest absolute Gasteiger partial charge is 0.257 e. The second-order valence-corrected chi connectivity index (χ2v) is 18.1. The molecule has 358 valence electrons. The van der Waals surface area contributed by atoms with Gasteiger partial charge in [-0.05, 0) is 67.7 Å². The van der Waals surface area contributed by atoms with Gasteiger partial charge in [-0.15, -0.1) is 11.3 Å². The molecule has 14 nitrogen and oxygen atoms in total. The van der Waals surface area contributed by atoms with Crippen molar-refractivity contribution in [1.82, 2.24) is 31.2 Å². The highest BCUT2D eigenvalue weighted by molar-refractivity contribution is 7.14. The highest BCUT2D eigenvalue weighted by Gasteiger charge is 2.42. The fourth-order valence-corrected chi connectivity index (χ4v) is 10.1. The second kappa shape index (κ2) is 24.2. The molecule has 0 unspecified atom stereocenters. The molecule has 3 fully saturated rings. The first-order valence-corrected chi connectivity index (χ1v) is 24.4. The summed E-state index contributed by atoms with van der Waals surface area (Å²) < 4.78 is 40.5. The summed E-state index contributed by atoms with van der Waals surface area (Å²) in [7, 11) is 0. The van der Waals surface area contributed by atoms with E-state index in [1.807, 2.05) is 60.7 Å². The van der Waals surface area contributed by atoms with E-state index < -0.39 is 65.8 Å². The van der Waals surface area contributed by atoms with Gasteiger partial charge in [-0.3, -0.25) is 24.0 Å². The lowest BCUT2D eigenvalue weighted by Crippen LogP contribution is -2.58. The first kappa shape index (κ1) is 49.0. The minimum absolute atomic E-state index is 0.0100. The van der Waals surface area contributed by atoms with Gasteiger partial charge in [0.25, 0.3) is 5.91 Å². The van der Waals surface area contributed by atoms with Crippen LogP contribution in [0.15, 0.2) is 78.2 Å². The van der Waals surface area contributed by atoms with Crippen molar-refractivity contribution in [3.63, 3.8) is 0 Å². The van der Waals surface area contributed by atoms with Crippen molar-refractivity contribution in [2.45, 2.75) is 95.2 Å². The molecule has 4 aromatic rings. The second-order valence-electron chi connectivity index (χ2n) is 17.3. The highest BCUT2D eigenvalue weighted by Crippen LogP contribution is 2.37. The van der Waals surface area contributed by atoms with E-state index in [1.165, 1.54) is 17.4 Å². The van der Waals surface area contributed by atoms with Crippen LogP contribution in [0.2, 0.25) is 0 Å². The number of benzene rings is 3. The number of rotatable bonds is 20. The third-order valence-electron chi connectivity index (χ3n) is 12.8. The molecule has 1 aliphatic carbocycles. The van der Waals surface area contributed by atoms with Crippen molar-refractivity contribution in [2.24, 2.45) is 5.92 Å². The molecule has 0 bridgehead atoms. The molecule has 0 spiro atoms. The minimum atomic E-state index is -1.21. The Morgan fingerprint density at radius 1 is 0.806 bits per heavy atom. The van der Waals surface area contributed by atoms with Gasteiger partial charge >= 0.3 is 0 Å². The van der Waals surface area contributed by atoms with Crippen LogP contribution in [0.5, 0.6) is 5.75 Å². The largest absolute Gasteiger partial charge is 0.480 e. The van der Waals surface area contributed by atoms with E-state index in [1.54, 1.807) is 17.2 Å². The van der Waals surface area contributed by atoms with E-state index >= 15 is 4.39 Å². The van der Waals surface area contributed by atoms with Gasteiger partial charge < -0.3 is 40.5 Å². The van der Waals surface area contributed by atoms with Gasteiger partial charge in [0, 0.05) is 56.0 Å². The molecule has 5 amide bonds. The van der Waals surface area contributed by atoms with Gasteiger partial charge in [-0.25, -0.2) is 9.37 Å². The zero-order valence-corrected chi connectivity index (χ0v) is 38.8. The summed E-state index contributed by atoms with van der Waals surface area (Å²) in [5.41, 5.74) is 2.25. The van der Waals surface area contributed by atoms with Crippen molar-refractivity contribution >= 4 is 46.0 Å². The molecule has 7 rings (SSSR count). The molecular formula is C50H61F2N7O7S. The number of hydrogen-bond acceptors (Lipinski definition) is 10. The third-order valence-corrected chi connectivity index (χ3v) is 13.7. The lowest BCUT2D eigenvalue weighted by molar-refractivity contribution is -0.143. The first-order valence-electron chi connectivity index (χ1n) is 23.6. The minimum Gasteiger partial charge on any atom is -0.480 e. The number of morpholine rings is 1. The summed E-state index contributed by atoms with van der Waals surface area (Å²) >= 11 is 1.37. The molecule has 2 aliphatic heterocycles. The summed E-state index contributed by atoms with van der Waals surface area (Å²) in [6.07, 6.45) is 6.90. The van der Waals surface area contributed by atoms with Gasteiger partial charge in [-0.2, -0.15) is 4.39 Å². The standard InChI is InChI=1S/C50H61F2N7O7S/c1-2-40(60)56-44(35-19-10-5-11-20-35)49(64)59-26-14-21-39(59)47(62)57-45(42(33-15-6-3-7-16-33)34-17-8-4-9-18-34)48(63)54-25-13-12-24-53-41(61)31-66-46-36(22-23-37(51)43(46)52)38-32-67-50(55-38)58-27-29-65-30-28-58/h3-4,6-9,15-18,22-23,32,35,39,42,44-45H,2,5,10-14,19-21,24-31H2,1H3,(H,53,61)(H,54,63)(H,56,60)(H,57,62)/t39-,44-,45-/m0/s1. The van der Waals surface area contributed by atoms with Gasteiger partial charge in [0.15, 0.2) is 23.3 Å². The molecular weight excluding hydrogens is 881 g/mol. The molecule has 3 heterocycles. The lowest BCUT2D eigenvalue weighted by atomic mass is 9.83. The first-order chi connectivity index (χ1) is 32.6. The summed E-state index contributed by atoms with van der Waals surface area (Å²) in [5, 5.41) is 14.3. The molecule has 3 aromatic carbocycles. The van der Waals surface area contributed by atoms with Crippen molar-refractivity contribution in [3.05, 3.63) is 101 Å². The van der Waals surface area contributed by atoms with Gasteiger partial charge in [-0.1, -0.05) is 86.8 Å². The number of nitrogens with zero attached hydrogens (tertiary/aromatic N) is 3. The molecule has 2 saturated heterocycles. The Kier molecular flexibility index (Phi) is 17.7. The highest BCUT2D eigenvalue weighted by atomic mass is 32.1. The quantitative estimate of drug-likeness (QED) is 0.0765. The predicted octanol–water partition coefficient (Wildman–Crippen LogP) is 6.10. The summed E-state index contributed by atoms with van der Waals surface area (Å²) in [4.78, 5) is 76.9.